The summed E-state index contributed by atoms with van der Waals surface area (Å²) in [6, 6.07) is 5.05. The van der Waals surface area contributed by atoms with Gasteiger partial charge in [0.25, 0.3) is 0 Å². The van der Waals surface area contributed by atoms with Crippen molar-refractivity contribution in [1.29, 1.82) is 0 Å². The molecule has 0 unspecified atom stereocenters. The van der Waals surface area contributed by atoms with Gasteiger partial charge in [0.05, 0.1) is 25.1 Å². The number of nitrogens with one attached hydrogen (secondary N) is 1. The molecule has 0 amide bonds. The molecule has 3 aromatic rings. The molecule has 2 bridgehead atoms. The van der Waals surface area contributed by atoms with Gasteiger partial charge >= 0.3 is 6.01 Å². The number of fused-ring (bicyclic) bond motifs is 2. The Bertz CT molecular complexity index is 1220. The van der Waals surface area contributed by atoms with Gasteiger partial charge in [-0.25, -0.2) is 14.4 Å². The largest absolute Gasteiger partial charge is 0.507 e. The molecule has 35 heavy (non-hydrogen) atoms. The first-order valence-corrected chi connectivity index (χ1v) is 11.8. The molecule has 0 radical (unpaired) electrons. The van der Waals surface area contributed by atoms with Gasteiger partial charge in [-0.3, -0.25) is 0 Å². The van der Waals surface area contributed by atoms with E-state index in [1.165, 1.54) is 32.4 Å². The van der Waals surface area contributed by atoms with Gasteiger partial charge in [-0.2, -0.15) is 4.98 Å². The third kappa shape index (κ3) is 4.50. The number of rotatable bonds is 5. The number of hydrogen-bond acceptors (Lipinski definition) is 9. The monoisotopic (exact) mass is 479 g/mol. The fourth-order valence-corrected chi connectivity index (χ4v) is 5.68. The van der Waals surface area contributed by atoms with Crippen molar-refractivity contribution in [2.45, 2.75) is 63.1 Å². The highest BCUT2D eigenvalue weighted by Gasteiger charge is 2.46. The van der Waals surface area contributed by atoms with Crippen LogP contribution in [0.3, 0.4) is 0 Å². The number of aromatic hydroxyl groups is 1. The Balaban J connectivity index is 1.36. The van der Waals surface area contributed by atoms with Crippen LogP contribution in [0.15, 0.2) is 30.6 Å². The van der Waals surface area contributed by atoms with Gasteiger partial charge in [0.15, 0.2) is 17.5 Å². The lowest BCUT2D eigenvalue weighted by Gasteiger charge is -2.55. The highest BCUT2D eigenvalue weighted by molar-refractivity contribution is 5.71. The molecule has 1 aromatic carbocycles. The van der Waals surface area contributed by atoms with Crippen LogP contribution in [0, 0.1) is 5.82 Å². The molecular weight excluding hydrogens is 449 g/mol. The van der Waals surface area contributed by atoms with Crippen molar-refractivity contribution in [3.8, 4) is 34.4 Å². The number of hydrogen-bond donors (Lipinski definition) is 2. The molecule has 2 fully saturated rings. The summed E-state index contributed by atoms with van der Waals surface area (Å²) in [4.78, 5) is 14.4. The molecule has 10 heteroatoms. The quantitative estimate of drug-likeness (QED) is 0.565. The number of phenols is 1. The second kappa shape index (κ2) is 8.67. The van der Waals surface area contributed by atoms with Crippen molar-refractivity contribution >= 4 is 5.82 Å². The molecule has 0 aliphatic carbocycles. The van der Waals surface area contributed by atoms with Crippen molar-refractivity contribution in [3.05, 3.63) is 36.4 Å². The number of methoxy groups -OCH3 is 1. The lowest BCUT2D eigenvalue weighted by atomic mass is 9.69. The number of ether oxygens (including phenoxy) is 1. The lowest BCUT2D eigenvalue weighted by Crippen LogP contribution is -2.66. The summed E-state index contributed by atoms with van der Waals surface area (Å²) in [5.74, 6) is 0.257. The molecule has 3 atom stereocenters. The fraction of sp³-hybridized carbons (Fsp3) is 0.480. The smallest absolute Gasteiger partial charge is 0.316 e. The van der Waals surface area contributed by atoms with E-state index in [1.807, 2.05) is 7.05 Å². The topological polar surface area (TPSA) is 109 Å². The first kappa shape index (κ1) is 23.3. The second-order valence-corrected chi connectivity index (χ2v) is 10.2. The van der Waals surface area contributed by atoms with Gasteiger partial charge in [-0.05, 0) is 58.1 Å². The van der Waals surface area contributed by atoms with Crippen LogP contribution >= 0.6 is 0 Å². The summed E-state index contributed by atoms with van der Waals surface area (Å²) in [7, 11) is 3.45. The van der Waals surface area contributed by atoms with Gasteiger partial charge in [0, 0.05) is 29.7 Å². The zero-order valence-electron chi connectivity index (χ0n) is 20.4. The highest BCUT2D eigenvalue weighted by Crippen LogP contribution is 2.42. The first-order chi connectivity index (χ1) is 16.7. The van der Waals surface area contributed by atoms with Crippen LogP contribution in [-0.4, -0.2) is 61.5 Å². The van der Waals surface area contributed by atoms with Crippen LogP contribution in [0.4, 0.5) is 10.2 Å². The summed E-state index contributed by atoms with van der Waals surface area (Å²) in [5, 5.41) is 23.2. The molecule has 9 nitrogen and oxygen atoms in total. The van der Waals surface area contributed by atoms with Crippen LogP contribution in [0.2, 0.25) is 0 Å². The number of benzene rings is 1. The number of aromatic nitrogens is 5. The average molecular weight is 480 g/mol. The summed E-state index contributed by atoms with van der Waals surface area (Å²) in [6.07, 6.45) is 8.40. The highest BCUT2D eigenvalue weighted by atomic mass is 19.1. The molecule has 4 heterocycles. The Morgan fingerprint density at radius 1 is 1.11 bits per heavy atom. The van der Waals surface area contributed by atoms with E-state index in [4.69, 9.17) is 4.74 Å². The van der Waals surface area contributed by atoms with Crippen molar-refractivity contribution in [3.63, 3.8) is 0 Å². The molecule has 184 valence electrons. The Hall–Kier alpha value is -3.40. The summed E-state index contributed by atoms with van der Waals surface area (Å²) in [5.41, 5.74) is 1.07. The Kier molecular flexibility index (Phi) is 5.79. The van der Waals surface area contributed by atoms with Crippen molar-refractivity contribution in [2.75, 3.05) is 19.1 Å². The van der Waals surface area contributed by atoms with E-state index in [2.05, 4.69) is 49.2 Å². The molecule has 0 spiro atoms. The van der Waals surface area contributed by atoms with Gasteiger partial charge in [0.2, 0.25) is 0 Å². The van der Waals surface area contributed by atoms with E-state index >= 15 is 0 Å². The van der Waals surface area contributed by atoms with Crippen molar-refractivity contribution in [2.24, 2.45) is 0 Å². The predicted octanol–water partition coefficient (Wildman–Crippen LogP) is 3.74. The van der Waals surface area contributed by atoms with E-state index in [1.54, 1.807) is 18.3 Å². The summed E-state index contributed by atoms with van der Waals surface area (Å²) < 4.78 is 19.2. The van der Waals surface area contributed by atoms with E-state index in [0.717, 1.165) is 19.0 Å². The molecule has 0 saturated carbocycles. The number of nitrogens with zero attached hydrogens (tertiary/aromatic N) is 6. The van der Waals surface area contributed by atoms with E-state index in [-0.39, 0.29) is 34.4 Å². The molecule has 5 rings (SSSR count). The number of halogens is 1. The zero-order valence-corrected chi connectivity index (χ0v) is 20.4. The minimum atomic E-state index is -0.618. The maximum atomic E-state index is 14.2. The molecule has 2 aliphatic rings. The average Bonchev–Trinajstić information content (AvgIpc) is 2.83. The molecule has 2 saturated heterocycles. The zero-order chi connectivity index (χ0) is 24.8. The minimum Gasteiger partial charge on any atom is -0.507 e. The predicted molar refractivity (Wildman–Crippen MR) is 130 cm³/mol. The Morgan fingerprint density at radius 2 is 1.86 bits per heavy atom. The molecule has 2 aliphatic heterocycles. The summed E-state index contributed by atoms with van der Waals surface area (Å²) >= 11 is 0. The minimum absolute atomic E-state index is 0.0313. The van der Waals surface area contributed by atoms with Gasteiger partial charge in [0.1, 0.15) is 11.4 Å². The number of anilines is 1. The third-order valence-corrected chi connectivity index (χ3v) is 7.31. The Labute approximate surface area is 203 Å². The van der Waals surface area contributed by atoms with Crippen LogP contribution < -0.4 is 15.0 Å². The van der Waals surface area contributed by atoms with Crippen LogP contribution in [-0.2, 0) is 0 Å². The standard InChI is InChI=1S/C25H30FN7O2/c1-24-8-5-9-25(2,32-24)12-16(11-24)33(3)20-14-27-22(31-30-20)17-7-6-15(10-19(17)34)21-18(26)13-28-23(29-21)35-4/h6-7,10,13-14,16,32,34H,5,8-9,11-12H2,1-4H3/t16-,24-,25+. The number of phenolic OH excluding ortho intramolecular Hbond substituents is 1. The SMILES string of the molecule is COc1ncc(F)c(-c2ccc(-c3ncc(N(C)[C@H]4C[C@]5(C)CCC[C@](C)(C4)N5)nn3)c(O)c2)n1. The third-order valence-electron chi connectivity index (χ3n) is 7.31. The van der Waals surface area contributed by atoms with Crippen LogP contribution in [0.5, 0.6) is 11.8 Å². The molecule has 2 N–H and O–H groups in total. The first-order valence-electron chi connectivity index (χ1n) is 11.8. The lowest BCUT2D eigenvalue weighted by molar-refractivity contribution is 0.0784. The maximum Gasteiger partial charge on any atom is 0.316 e. The van der Waals surface area contributed by atoms with E-state index in [9.17, 15) is 9.50 Å². The van der Waals surface area contributed by atoms with Gasteiger partial charge in [-0.1, -0.05) is 6.07 Å². The second-order valence-electron chi connectivity index (χ2n) is 10.2. The number of piperidine rings is 2. The molecular formula is C25H30FN7O2. The van der Waals surface area contributed by atoms with Gasteiger partial charge in [-0.15, -0.1) is 10.2 Å². The van der Waals surface area contributed by atoms with Crippen molar-refractivity contribution in [1.82, 2.24) is 30.5 Å². The Morgan fingerprint density at radius 3 is 2.49 bits per heavy atom. The maximum absolute atomic E-state index is 14.2. The molecule has 2 aromatic heterocycles. The van der Waals surface area contributed by atoms with E-state index in [0.29, 0.717) is 23.0 Å². The normalized spacial score (nSPS) is 25.8. The van der Waals surface area contributed by atoms with Crippen molar-refractivity contribution < 1.29 is 14.2 Å². The fourth-order valence-electron chi connectivity index (χ4n) is 5.68. The van der Waals surface area contributed by atoms with Crippen LogP contribution in [0.1, 0.15) is 46.0 Å². The summed E-state index contributed by atoms with van der Waals surface area (Å²) in [6.45, 7) is 4.63. The van der Waals surface area contributed by atoms with E-state index < -0.39 is 5.82 Å². The van der Waals surface area contributed by atoms with Crippen LogP contribution in [0.25, 0.3) is 22.6 Å². The van der Waals surface area contributed by atoms with Gasteiger partial charge < -0.3 is 20.1 Å².